The number of anilines is 1. The summed E-state index contributed by atoms with van der Waals surface area (Å²) in [5, 5.41) is 0. The van der Waals surface area contributed by atoms with Crippen LogP contribution in [0.4, 0.5) is 5.69 Å². The van der Waals surface area contributed by atoms with Crippen LogP contribution in [0.15, 0.2) is 24.3 Å². The van der Waals surface area contributed by atoms with Gasteiger partial charge in [0.2, 0.25) is 0 Å². The molecule has 1 atom stereocenters. The lowest BCUT2D eigenvalue weighted by Crippen LogP contribution is -2.21. The molecule has 2 aliphatic rings. The molecule has 0 radical (unpaired) electrons. The maximum absolute atomic E-state index is 5.97. The second-order valence-corrected chi connectivity index (χ2v) is 5.11. The van der Waals surface area contributed by atoms with Gasteiger partial charge in [0.15, 0.2) is 0 Å². The minimum absolute atomic E-state index is 0.289. The standard InChI is InChI=1S/C15H21NO2/c1-2-8-15(18-12-13-6-5-11-17-13)14(7-1)16-9-3-4-10-16/h1-2,7-8,13H,3-6,9-12H2. The third kappa shape index (κ3) is 2.61. The molecule has 18 heavy (non-hydrogen) atoms. The highest BCUT2D eigenvalue weighted by molar-refractivity contribution is 5.58. The molecule has 0 amide bonds. The number of para-hydroxylation sites is 2. The van der Waals surface area contributed by atoms with Gasteiger partial charge in [0.25, 0.3) is 0 Å². The summed E-state index contributed by atoms with van der Waals surface area (Å²) < 4.78 is 11.6. The molecule has 0 spiro atoms. The van der Waals surface area contributed by atoms with Crippen molar-refractivity contribution in [1.82, 2.24) is 0 Å². The van der Waals surface area contributed by atoms with Crippen LogP contribution < -0.4 is 9.64 Å². The summed E-state index contributed by atoms with van der Waals surface area (Å²) in [5.74, 6) is 1.01. The molecule has 1 aromatic rings. The molecule has 3 heteroatoms. The Morgan fingerprint density at radius 2 is 2.00 bits per heavy atom. The summed E-state index contributed by atoms with van der Waals surface area (Å²) in [6.45, 7) is 3.88. The average molecular weight is 247 g/mol. The van der Waals surface area contributed by atoms with Gasteiger partial charge in [-0.2, -0.15) is 0 Å². The molecule has 0 bridgehead atoms. The Morgan fingerprint density at radius 3 is 2.78 bits per heavy atom. The monoisotopic (exact) mass is 247 g/mol. The summed E-state index contributed by atoms with van der Waals surface area (Å²) in [6.07, 6.45) is 5.17. The lowest BCUT2D eigenvalue weighted by Gasteiger charge is -2.22. The van der Waals surface area contributed by atoms with Crippen LogP contribution in [0.3, 0.4) is 0 Å². The summed E-state index contributed by atoms with van der Waals surface area (Å²) >= 11 is 0. The molecule has 98 valence electrons. The van der Waals surface area contributed by atoms with E-state index < -0.39 is 0 Å². The largest absolute Gasteiger partial charge is 0.489 e. The van der Waals surface area contributed by atoms with Gasteiger partial charge in [0, 0.05) is 19.7 Å². The Balaban J connectivity index is 1.66. The molecule has 2 fully saturated rings. The molecular formula is C15H21NO2. The van der Waals surface area contributed by atoms with Crippen molar-refractivity contribution in [3.05, 3.63) is 24.3 Å². The van der Waals surface area contributed by atoms with E-state index in [1.165, 1.54) is 24.9 Å². The van der Waals surface area contributed by atoms with Crippen LogP contribution in [0, 0.1) is 0 Å². The fourth-order valence-corrected chi connectivity index (χ4v) is 2.76. The van der Waals surface area contributed by atoms with E-state index in [1.54, 1.807) is 0 Å². The van der Waals surface area contributed by atoms with E-state index in [4.69, 9.17) is 9.47 Å². The van der Waals surface area contributed by atoms with Gasteiger partial charge in [-0.1, -0.05) is 12.1 Å². The van der Waals surface area contributed by atoms with Crippen molar-refractivity contribution in [2.24, 2.45) is 0 Å². The number of rotatable bonds is 4. The van der Waals surface area contributed by atoms with Crippen LogP contribution >= 0.6 is 0 Å². The Kier molecular flexibility index (Phi) is 3.69. The van der Waals surface area contributed by atoms with E-state index in [2.05, 4.69) is 23.1 Å². The number of benzene rings is 1. The molecule has 2 saturated heterocycles. The normalized spacial score (nSPS) is 23.6. The highest BCUT2D eigenvalue weighted by Gasteiger charge is 2.19. The summed E-state index contributed by atoms with van der Waals surface area (Å²) in [5.41, 5.74) is 1.24. The van der Waals surface area contributed by atoms with Gasteiger partial charge in [-0.3, -0.25) is 0 Å². The van der Waals surface area contributed by atoms with Gasteiger partial charge < -0.3 is 14.4 Å². The Morgan fingerprint density at radius 1 is 1.17 bits per heavy atom. The van der Waals surface area contributed by atoms with Crippen molar-refractivity contribution >= 4 is 5.69 Å². The highest BCUT2D eigenvalue weighted by atomic mass is 16.5. The van der Waals surface area contributed by atoms with Crippen LogP contribution in [0.5, 0.6) is 5.75 Å². The van der Waals surface area contributed by atoms with Crippen LogP contribution in [0.1, 0.15) is 25.7 Å². The van der Waals surface area contributed by atoms with Gasteiger partial charge >= 0.3 is 0 Å². The molecule has 0 N–H and O–H groups in total. The quantitative estimate of drug-likeness (QED) is 0.816. The zero-order valence-corrected chi connectivity index (χ0v) is 10.8. The molecule has 1 unspecified atom stereocenters. The van der Waals surface area contributed by atoms with E-state index in [0.29, 0.717) is 6.61 Å². The van der Waals surface area contributed by atoms with Gasteiger partial charge in [0.05, 0.1) is 11.8 Å². The van der Waals surface area contributed by atoms with E-state index in [1.807, 2.05) is 6.07 Å². The highest BCUT2D eigenvalue weighted by Crippen LogP contribution is 2.31. The van der Waals surface area contributed by atoms with Crippen molar-refractivity contribution in [3.63, 3.8) is 0 Å². The maximum atomic E-state index is 5.97. The first-order valence-corrected chi connectivity index (χ1v) is 7.02. The molecule has 1 aromatic carbocycles. The average Bonchev–Trinajstić information content (AvgIpc) is 3.10. The van der Waals surface area contributed by atoms with Gasteiger partial charge in [-0.15, -0.1) is 0 Å². The second-order valence-electron chi connectivity index (χ2n) is 5.11. The lowest BCUT2D eigenvalue weighted by molar-refractivity contribution is 0.0681. The van der Waals surface area contributed by atoms with Gasteiger partial charge in [-0.05, 0) is 37.8 Å². The Labute approximate surface area is 109 Å². The number of hydrogen-bond donors (Lipinski definition) is 0. The molecule has 2 aliphatic heterocycles. The molecular weight excluding hydrogens is 226 g/mol. The van der Waals surface area contributed by atoms with Crippen LogP contribution in [0.2, 0.25) is 0 Å². The van der Waals surface area contributed by atoms with E-state index in [0.717, 1.165) is 31.9 Å². The zero-order valence-electron chi connectivity index (χ0n) is 10.8. The second kappa shape index (κ2) is 5.61. The molecule has 3 nitrogen and oxygen atoms in total. The van der Waals surface area contributed by atoms with Crippen molar-refractivity contribution in [1.29, 1.82) is 0 Å². The lowest BCUT2D eigenvalue weighted by atomic mass is 10.2. The Hall–Kier alpha value is -1.22. The van der Waals surface area contributed by atoms with Crippen molar-refractivity contribution in [2.75, 3.05) is 31.2 Å². The molecule has 0 saturated carbocycles. The van der Waals surface area contributed by atoms with Gasteiger partial charge in [0.1, 0.15) is 12.4 Å². The molecule has 0 aliphatic carbocycles. The number of nitrogens with zero attached hydrogens (tertiary/aromatic N) is 1. The first-order chi connectivity index (χ1) is 8.93. The molecule has 3 rings (SSSR count). The first-order valence-electron chi connectivity index (χ1n) is 7.02. The predicted octanol–water partition coefficient (Wildman–Crippen LogP) is 2.84. The van der Waals surface area contributed by atoms with E-state index in [9.17, 15) is 0 Å². The van der Waals surface area contributed by atoms with Crippen LogP contribution in [-0.4, -0.2) is 32.4 Å². The minimum atomic E-state index is 0.289. The smallest absolute Gasteiger partial charge is 0.142 e. The summed E-state index contributed by atoms with van der Waals surface area (Å²) in [7, 11) is 0. The third-order valence-corrected chi connectivity index (χ3v) is 3.76. The SMILES string of the molecule is c1ccc(N2CCCC2)c(OCC2CCCO2)c1. The number of ether oxygens (including phenoxy) is 2. The fraction of sp³-hybridized carbons (Fsp3) is 0.600. The first kappa shape index (κ1) is 11.8. The zero-order chi connectivity index (χ0) is 12.2. The summed E-state index contributed by atoms with van der Waals surface area (Å²) in [4.78, 5) is 2.42. The van der Waals surface area contributed by atoms with E-state index in [-0.39, 0.29) is 6.10 Å². The van der Waals surface area contributed by atoms with Crippen LogP contribution in [-0.2, 0) is 4.74 Å². The van der Waals surface area contributed by atoms with E-state index >= 15 is 0 Å². The summed E-state index contributed by atoms with van der Waals surface area (Å²) in [6, 6.07) is 8.37. The minimum Gasteiger partial charge on any atom is -0.489 e. The molecule has 2 heterocycles. The topological polar surface area (TPSA) is 21.7 Å². The van der Waals surface area contributed by atoms with Crippen LogP contribution in [0.25, 0.3) is 0 Å². The van der Waals surface area contributed by atoms with Gasteiger partial charge in [-0.25, -0.2) is 0 Å². The Bertz CT molecular complexity index is 382. The fourth-order valence-electron chi connectivity index (χ4n) is 2.76. The molecule has 0 aromatic heterocycles. The predicted molar refractivity (Wildman–Crippen MR) is 72.4 cm³/mol. The van der Waals surface area contributed by atoms with Crippen molar-refractivity contribution < 1.29 is 9.47 Å². The third-order valence-electron chi connectivity index (χ3n) is 3.76. The van der Waals surface area contributed by atoms with Crippen molar-refractivity contribution in [3.8, 4) is 5.75 Å². The van der Waals surface area contributed by atoms with Crippen molar-refractivity contribution in [2.45, 2.75) is 31.8 Å². The number of hydrogen-bond acceptors (Lipinski definition) is 3. The maximum Gasteiger partial charge on any atom is 0.142 e.